The van der Waals surface area contributed by atoms with Crippen LogP contribution in [0, 0.1) is 0 Å². The quantitative estimate of drug-likeness (QED) is 0.390. The molecule has 0 radical (unpaired) electrons. The molecule has 0 aliphatic rings. The highest BCUT2D eigenvalue weighted by Gasteiger charge is 2.13. The molecule has 0 aliphatic carbocycles. The van der Waals surface area contributed by atoms with Gasteiger partial charge >= 0.3 is 5.97 Å². The second-order valence-electron chi connectivity index (χ2n) is 4.85. The second kappa shape index (κ2) is 7.79. The summed E-state index contributed by atoms with van der Waals surface area (Å²) in [6.07, 6.45) is 0. The molecule has 0 saturated carbocycles. The molecule has 8 heteroatoms. The van der Waals surface area contributed by atoms with Gasteiger partial charge in [-0.2, -0.15) is 0 Å². The molecule has 0 aromatic carbocycles. The van der Waals surface area contributed by atoms with Crippen LogP contribution in [-0.4, -0.2) is 71.1 Å². The first kappa shape index (κ1) is 18.9. The Morgan fingerprint density at radius 1 is 1.29 bits per heavy atom. The Labute approximate surface area is 103 Å². The zero-order chi connectivity index (χ0) is 14.3. The summed E-state index contributed by atoms with van der Waals surface area (Å²) >= 11 is 0. The fourth-order valence-electron chi connectivity index (χ4n) is 0.309. The number of rotatable bonds is 4. The topological polar surface area (TPSA) is 78.9 Å². The number of nitrogens with zero attached hydrogens (tertiary/aromatic N) is 2. The van der Waals surface area contributed by atoms with Gasteiger partial charge in [0.15, 0.2) is 6.61 Å². The van der Waals surface area contributed by atoms with Gasteiger partial charge < -0.3 is 18.6 Å². The van der Waals surface area contributed by atoms with E-state index < -0.39 is 20.3 Å². The van der Waals surface area contributed by atoms with Gasteiger partial charge in [-0.1, -0.05) is 0 Å². The van der Waals surface area contributed by atoms with Crippen LogP contribution in [0.25, 0.3) is 0 Å². The largest absolute Gasteiger partial charge is 0.766 e. The molecule has 0 aliphatic heterocycles. The summed E-state index contributed by atoms with van der Waals surface area (Å²) in [6, 6.07) is 0. The summed E-state index contributed by atoms with van der Waals surface area (Å²) in [4.78, 5) is 21.3. The molecule has 1 unspecified atom stereocenters. The number of carbonyl (C=O) groups is 1. The average Bonchev–Trinajstić information content (AvgIpc) is 2.11. The van der Waals surface area contributed by atoms with E-state index in [0.29, 0.717) is 0 Å². The van der Waals surface area contributed by atoms with Crippen molar-refractivity contribution in [2.75, 3.05) is 56.0 Å². The minimum Gasteiger partial charge on any atom is -0.766 e. The molecule has 0 amide bonds. The molecular weight excluding hydrogens is 247 g/mol. The lowest BCUT2D eigenvalue weighted by molar-refractivity contribution is -0.849. The molecule has 17 heavy (non-hydrogen) atoms. The summed E-state index contributed by atoms with van der Waals surface area (Å²) in [5.41, 5.74) is 0. The standard InChI is InChI=1S/C5H12NO5P.C4H12N/c1-6(2)12(8,9)11-4-5(7)10-3;1-5(2,3)4/h4H2,1-3H3,(H,8,9);1-4H3/q;+1/p-1. The summed E-state index contributed by atoms with van der Waals surface area (Å²) in [7, 11) is 8.22. The molecule has 0 saturated heterocycles. The Balaban J connectivity index is 0. The first-order valence-electron chi connectivity index (χ1n) is 4.89. The highest BCUT2D eigenvalue weighted by Crippen LogP contribution is 2.38. The molecule has 1 atom stereocenters. The van der Waals surface area contributed by atoms with E-state index in [1.54, 1.807) is 0 Å². The summed E-state index contributed by atoms with van der Waals surface area (Å²) in [5.74, 6) is -0.729. The van der Waals surface area contributed by atoms with Gasteiger partial charge in [0.05, 0.1) is 35.3 Å². The van der Waals surface area contributed by atoms with Crippen molar-refractivity contribution in [1.82, 2.24) is 4.67 Å². The third-order valence-corrected chi connectivity index (χ3v) is 2.50. The Kier molecular flexibility index (Phi) is 8.65. The van der Waals surface area contributed by atoms with E-state index in [1.807, 2.05) is 0 Å². The molecule has 7 nitrogen and oxygen atoms in total. The van der Waals surface area contributed by atoms with Crippen LogP contribution >= 0.6 is 7.75 Å². The van der Waals surface area contributed by atoms with Crippen LogP contribution in [0.1, 0.15) is 0 Å². The highest BCUT2D eigenvalue weighted by atomic mass is 31.2. The van der Waals surface area contributed by atoms with Crippen molar-refractivity contribution >= 4 is 13.7 Å². The van der Waals surface area contributed by atoms with Gasteiger partial charge in [0.2, 0.25) is 7.75 Å². The predicted octanol–water partition coefficient (Wildman–Crippen LogP) is -0.472. The van der Waals surface area contributed by atoms with Crippen LogP contribution in [0.3, 0.4) is 0 Å². The van der Waals surface area contributed by atoms with E-state index in [0.717, 1.165) is 16.3 Å². The zero-order valence-corrected chi connectivity index (χ0v) is 12.5. The maximum Gasteiger partial charge on any atom is 0.332 e. The van der Waals surface area contributed by atoms with Gasteiger partial charge in [-0.05, 0) is 14.1 Å². The van der Waals surface area contributed by atoms with Crippen molar-refractivity contribution in [2.24, 2.45) is 0 Å². The Morgan fingerprint density at radius 2 is 1.65 bits per heavy atom. The maximum atomic E-state index is 10.9. The lowest BCUT2D eigenvalue weighted by Crippen LogP contribution is -2.27. The first-order chi connectivity index (χ1) is 7.40. The molecule has 104 valence electrons. The summed E-state index contributed by atoms with van der Waals surface area (Å²) in [6.45, 7) is -0.588. The number of ether oxygens (including phenoxy) is 1. The zero-order valence-electron chi connectivity index (χ0n) is 11.6. The number of quaternary nitrogens is 1. The molecule has 0 rings (SSSR count). The monoisotopic (exact) mass is 270 g/mol. The van der Waals surface area contributed by atoms with Crippen molar-refractivity contribution in [3.05, 3.63) is 0 Å². The van der Waals surface area contributed by atoms with Gasteiger partial charge in [0.25, 0.3) is 0 Å². The molecule has 0 fully saturated rings. The minimum atomic E-state index is -4.05. The second-order valence-corrected chi connectivity index (χ2v) is 6.84. The van der Waals surface area contributed by atoms with E-state index in [4.69, 9.17) is 0 Å². The number of hydrogen-bond donors (Lipinski definition) is 0. The van der Waals surface area contributed by atoms with Crippen molar-refractivity contribution in [1.29, 1.82) is 0 Å². The van der Waals surface area contributed by atoms with Crippen LogP contribution < -0.4 is 4.89 Å². The third-order valence-electron chi connectivity index (χ3n) is 1.06. The van der Waals surface area contributed by atoms with Gasteiger partial charge in [-0.15, -0.1) is 0 Å². The average molecular weight is 270 g/mol. The lowest BCUT2D eigenvalue weighted by atomic mass is 10.8. The van der Waals surface area contributed by atoms with Gasteiger partial charge in [-0.25, -0.2) is 9.46 Å². The number of carbonyl (C=O) groups excluding carboxylic acids is 1. The number of esters is 1. The molecule has 0 bridgehead atoms. The summed E-state index contributed by atoms with van der Waals surface area (Å²) in [5, 5.41) is 0. The van der Waals surface area contributed by atoms with Gasteiger partial charge in [-0.3, -0.25) is 4.57 Å². The molecular formula is C9H23N2O5P. The third kappa shape index (κ3) is 15.5. The Morgan fingerprint density at radius 3 is 1.88 bits per heavy atom. The molecule has 0 heterocycles. The molecule has 0 spiro atoms. The molecule has 0 N–H and O–H groups in total. The van der Waals surface area contributed by atoms with E-state index in [-0.39, 0.29) is 0 Å². The summed E-state index contributed by atoms with van der Waals surface area (Å²) < 4.78 is 21.2. The Hall–Kier alpha value is -0.460. The van der Waals surface area contributed by atoms with Crippen LogP contribution in [0.5, 0.6) is 0 Å². The lowest BCUT2D eigenvalue weighted by Gasteiger charge is -2.28. The SMILES string of the molecule is COC(=O)COP(=O)([O-])N(C)C.C[N+](C)(C)C. The Bertz CT molecular complexity index is 269. The highest BCUT2D eigenvalue weighted by molar-refractivity contribution is 7.48. The predicted molar refractivity (Wildman–Crippen MR) is 63.2 cm³/mol. The smallest absolute Gasteiger partial charge is 0.332 e. The first-order valence-corrected chi connectivity index (χ1v) is 6.39. The van der Waals surface area contributed by atoms with Crippen LogP contribution in [0.2, 0.25) is 0 Å². The van der Waals surface area contributed by atoms with E-state index in [2.05, 4.69) is 37.5 Å². The van der Waals surface area contributed by atoms with Crippen molar-refractivity contribution in [3.8, 4) is 0 Å². The van der Waals surface area contributed by atoms with E-state index in [1.165, 1.54) is 14.1 Å². The van der Waals surface area contributed by atoms with Crippen LogP contribution in [-0.2, 0) is 18.6 Å². The minimum absolute atomic E-state index is 0.588. The van der Waals surface area contributed by atoms with Crippen LogP contribution in [0.15, 0.2) is 0 Å². The number of methoxy groups -OCH3 is 1. The fraction of sp³-hybridized carbons (Fsp3) is 0.889. The van der Waals surface area contributed by atoms with E-state index >= 15 is 0 Å². The van der Waals surface area contributed by atoms with Crippen molar-refractivity contribution in [2.45, 2.75) is 0 Å². The number of hydrogen-bond acceptors (Lipinski definition) is 5. The van der Waals surface area contributed by atoms with Crippen molar-refractivity contribution in [3.63, 3.8) is 0 Å². The van der Waals surface area contributed by atoms with E-state index in [9.17, 15) is 14.3 Å². The van der Waals surface area contributed by atoms with Gasteiger partial charge in [0.1, 0.15) is 0 Å². The molecule has 0 aromatic rings. The normalized spacial score (nSPS) is 14.6. The molecule has 0 aromatic heterocycles. The maximum absolute atomic E-state index is 10.9. The fourth-order valence-corrected chi connectivity index (χ4v) is 0.808. The van der Waals surface area contributed by atoms with Crippen LogP contribution in [0.4, 0.5) is 0 Å². The van der Waals surface area contributed by atoms with Crippen molar-refractivity contribution < 1.29 is 28.0 Å². The van der Waals surface area contributed by atoms with Gasteiger partial charge in [0, 0.05) is 0 Å².